The molecule has 5 rings (SSSR count). The van der Waals surface area contributed by atoms with E-state index in [-0.39, 0.29) is 75.7 Å². The van der Waals surface area contributed by atoms with E-state index in [1.807, 2.05) is 24.3 Å². The van der Waals surface area contributed by atoms with Crippen LogP contribution in [-0.2, 0) is 67.2 Å². The van der Waals surface area contributed by atoms with Crippen LogP contribution in [0.5, 0.6) is 5.75 Å². The molecule has 0 radical (unpaired) electrons. The number of benzene rings is 3. The number of hydrazine groups is 1. The minimum Gasteiger partial charge on any atom is -0.508 e. The molecule has 3 aromatic carbocycles. The van der Waals surface area contributed by atoms with Gasteiger partial charge in [-0.1, -0.05) is 74.5 Å². The van der Waals surface area contributed by atoms with Crippen molar-refractivity contribution >= 4 is 82.0 Å². The number of nitrogens with zero attached hydrogens (tertiary/aromatic N) is 3. The molecule has 12 amide bonds. The number of guanidine groups is 1. The number of hydrogen-bond donors (Lipinski definition) is 16. The summed E-state index contributed by atoms with van der Waals surface area (Å²) in [5.41, 5.74) is 24.0. The van der Waals surface area contributed by atoms with Gasteiger partial charge in [0.05, 0.1) is 18.6 Å². The van der Waals surface area contributed by atoms with Crippen molar-refractivity contribution in [2.75, 3.05) is 27.2 Å². The fraction of sp³-hybridized carbons (Fsp3) is 0.458. The summed E-state index contributed by atoms with van der Waals surface area (Å²) >= 11 is 0. The van der Waals surface area contributed by atoms with E-state index in [1.165, 1.54) is 38.2 Å². The van der Waals surface area contributed by atoms with Gasteiger partial charge in [0, 0.05) is 76.9 Å². The van der Waals surface area contributed by atoms with Crippen LogP contribution in [0.4, 0.5) is 4.79 Å². The number of phenols is 1. The van der Waals surface area contributed by atoms with Crippen LogP contribution in [0.2, 0.25) is 0 Å². The first kappa shape index (κ1) is 69.9. The number of para-hydroxylation sites is 1. The number of aromatic hydroxyl groups is 1. The number of carbonyl (C=O) groups is 11. The first-order chi connectivity index (χ1) is 42.1. The second-order valence-electron chi connectivity index (χ2n) is 22.2. The van der Waals surface area contributed by atoms with Gasteiger partial charge in [-0.15, -0.1) is 0 Å². The minimum atomic E-state index is -1.84. The van der Waals surface area contributed by atoms with Crippen molar-refractivity contribution in [1.29, 1.82) is 0 Å². The average Bonchev–Trinajstić information content (AvgIpc) is 3.16. The summed E-state index contributed by atoms with van der Waals surface area (Å²) in [6.45, 7) is 5.74. The first-order valence-corrected chi connectivity index (χ1v) is 28.8. The number of likely N-dealkylation sites (N-methyl/N-ethyl adjacent to an activating group) is 1. The Bertz CT molecular complexity index is 3180. The van der Waals surface area contributed by atoms with E-state index in [1.54, 1.807) is 50.4 Å². The zero-order valence-electron chi connectivity index (χ0n) is 50.4. The number of H-pyrrole nitrogens is 1. The summed E-state index contributed by atoms with van der Waals surface area (Å²) in [6, 6.07) is 8.56. The van der Waals surface area contributed by atoms with Crippen LogP contribution in [0.25, 0.3) is 10.9 Å². The van der Waals surface area contributed by atoms with E-state index in [9.17, 15) is 68.1 Å². The molecule has 0 saturated carbocycles. The van der Waals surface area contributed by atoms with Crippen molar-refractivity contribution in [2.45, 2.75) is 140 Å². The number of hydrogen-bond acceptors (Lipinski definition) is 15. The zero-order chi connectivity index (χ0) is 65.6. The summed E-state index contributed by atoms with van der Waals surface area (Å²) in [6.07, 6.45) is -2.42. The SMILES string of the molecule is CN=C(N)NCCC[C@H](NC(=O)[C@H](CC(C)C)NC(=O)NNC(=O)[C@H](Cc1ccccc1)NC(=O)[C@H]([C@@H](C)O)N(C)C(=O)[C@H](CC(N)=O)NC(=O)[C@@H]1C[C@@H](O)CN1C(=O)[C@@H](Cc1ccc(O)cc1)NC(C)=O)C(=O)N[C@@H](Cc1c[nH]c2ccccc12)C(N)=O. The van der Waals surface area contributed by atoms with Gasteiger partial charge in [-0.2, -0.15) is 0 Å². The van der Waals surface area contributed by atoms with Crippen LogP contribution in [0, 0.1) is 5.92 Å². The molecule has 482 valence electrons. The van der Waals surface area contributed by atoms with Crippen molar-refractivity contribution in [3.63, 3.8) is 0 Å². The molecular formula is C59H82N16O14. The van der Waals surface area contributed by atoms with Gasteiger partial charge < -0.3 is 84.5 Å². The highest BCUT2D eigenvalue weighted by molar-refractivity contribution is 5.99. The number of carbonyl (C=O) groups excluding carboxylic acids is 11. The third kappa shape index (κ3) is 21.2. The number of aliphatic hydroxyl groups is 2. The third-order valence-electron chi connectivity index (χ3n) is 14.6. The van der Waals surface area contributed by atoms with Crippen LogP contribution in [0.3, 0.4) is 0 Å². The summed E-state index contributed by atoms with van der Waals surface area (Å²) in [5, 5.41) is 50.6. The Kier molecular flexibility index (Phi) is 26.2. The lowest BCUT2D eigenvalue weighted by molar-refractivity contribution is -0.147. The van der Waals surface area contributed by atoms with Gasteiger partial charge in [0.2, 0.25) is 53.2 Å². The second-order valence-corrected chi connectivity index (χ2v) is 22.2. The summed E-state index contributed by atoms with van der Waals surface area (Å²) in [7, 11) is 2.55. The largest absolute Gasteiger partial charge is 0.508 e. The lowest BCUT2D eigenvalue weighted by atomic mass is 10.0. The number of rotatable bonds is 30. The van der Waals surface area contributed by atoms with Gasteiger partial charge in [0.15, 0.2) is 5.96 Å². The first-order valence-electron chi connectivity index (χ1n) is 28.8. The number of amides is 12. The van der Waals surface area contributed by atoms with Crippen LogP contribution >= 0.6 is 0 Å². The van der Waals surface area contributed by atoms with Gasteiger partial charge in [-0.3, -0.25) is 58.4 Å². The van der Waals surface area contributed by atoms with E-state index < -0.39 is 132 Å². The Morgan fingerprint density at radius 2 is 1.33 bits per heavy atom. The molecule has 1 aliphatic heterocycles. The number of fused-ring (bicyclic) bond motifs is 1. The highest BCUT2D eigenvalue weighted by Crippen LogP contribution is 2.23. The molecule has 1 saturated heterocycles. The lowest BCUT2D eigenvalue weighted by Gasteiger charge is -2.34. The normalized spacial score (nSPS) is 16.6. The van der Waals surface area contributed by atoms with Gasteiger partial charge in [0.1, 0.15) is 54.1 Å². The lowest BCUT2D eigenvalue weighted by Crippen LogP contribution is -2.62. The summed E-state index contributed by atoms with van der Waals surface area (Å²) < 4.78 is 0. The van der Waals surface area contributed by atoms with Crippen molar-refractivity contribution < 1.29 is 68.1 Å². The smallest absolute Gasteiger partial charge is 0.334 e. The quantitative estimate of drug-likeness (QED) is 0.0107. The van der Waals surface area contributed by atoms with E-state index in [0.717, 1.165) is 34.7 Å². The van der Waals surface area contributed by atoms with E-state index in [4.69, 9.17) is 17.2 Å². The number of β-amino-alcohol motifs (C(OH)–C–C–N with tert-alkyl or cyclic N) is 1. The number of aromatic nitrogens is 1. The van der Waals surface area contributed by atoms with Crippen molar-refractivity contribution in [1.82, 2.24) is 62.9 Å². The Morgan fingerprint density at radius 3 is 1.96 bits per heavy atom. The number of aliphatic imine (C=N–C) groups is 1. The molecular weight excluding hydrogens is 1160 g/mol. The molecule has 4 aromatic rings. The standard InChI is InChI=1S/C59H82N16O14/c1-31(2)23-43(52(83)67-41(17-12-22-64-58(62)63-5)51(82)68-42(50(61)81)26-36-29-65-40-16-11-10-15-39(36)40)71-59(89)73-72-53(84)44(24-34-13-8-7-9-14-34)69-55(86)49(32(3)76)74(6)56(87)46(28-48(60)80)70-54(85)47-27-38(79)30-75(47)57(88)45(66-33(4)77)25-35-18-20-37(78)21-19-35/h7-11,13-16,18-21,29,31-32,38,41-47,49,65,76,78-79H,12,17,22-28,30H2,1-6H3,(H2,60,80)(H2,61,81)(H,66,77)(H,67,83)(H,68,82)(H,69,86)(H,70,85)(H,72,84)(H3,62,63,64)(H2,71,73,89)/t32-,38-,41+,42+,43+,44+,45-,46+,47+,49+/m1/s1. The Labute approximate surface area is 513 Å². The highest BCUT2D eigenvalue weighted by Gasteiger charge is 2.44. The van der Waals surface area contributed by atoms with Crippen molar-refractivity contribution in [3.8, 4) is 5.75 Å². The van der Waals surface area contributed by atoms with Crippen molar-refractivity contribution in [3.05, 3.63) is 102 Å². The highest BCUT2D eigenvalue weighted by atomic mass is 16.3. The molecule has 0 spiro atoms. The maximum absolute atomic E-state index is 14.4. The van der Waals surface area contributed by atoms with Crippen LogP contribution in [0.15, 0.2) is 90.1 Å². The van der Waals surface area contributed by atoms with Gasteiger partial charge >= 0.3 is 6.03 Å². The fourth-order valence-electron chi connectivity index (χ4n) is 10.2. The Morgan fingerprint density at radius 1 is 0.708 bits per heavy atom. The van der Waals surface area contributed by atoms with Crippen LogP contribution < -0.4 is 65.3 Å². The predicted molar refractivity (Wildman–Crippen MR) is 324 cm³/mol. The van der Waals surface area contributed by atoms with E-state index in [0.29, 0.717) is 16.7 Å². The molecule has 0 bridgehead atoms. The number of nitrogens with two attached hydrogens (primary N) is 3. The van der Waals surface area contributed by atoms with Gasteiger partial charge in [-0.05, 0) is 67.0 Å². The van der Waals surface area contributed by atoms with E-state index in [2.05, 4.69) is 58.0 Å². The maximum Gasteiger partial charge on any atom is 0.334 e. The number of aromatic amines is 1. The number of likely N-dealkylation sites (tertiary alicyclic amines) is 1. The molecule has 2 heterocycles. The number of primary amides is 2. The second kappa shape index (κ2) is 33.3. The summed E-state index contributed by atoms with van der Waals surface area (Å²) in [4.78, 5) is 159. The Hall–Kier alpha value is -9.84. The monoisotopic (exact) mass is 1240 g/mol. The molecule has 1 aromatic heterocycles. The van der Waals surface area contributed by atoms with Crippen LogP contribution in [-0.4, -0.2) is 189 Å². The molecule has 89 heavy (non-hydrogen) atoms. The van der Waals surface area contributed by atoms with E-state index >= 15 is 0 Å². The average molecular weight is 1240 g/mol. The maximum atomic E-state index is 14.4. The molecule has 1 fully saturated rings. The number of phenolic OH excluding ortho intramolecular Hbond substituents is 1. The molecule has 0 unspecified atom stereocenters. The molecule has 30 heteroatoms. The third-order valence-corrected chi connectivity index (χ3v) is 14.6. The Balaban J connectivity index is 1.29. The molecule has 10 atom stereocenters. The minimum absolute atomic E-state index is 0.0124. The van der Waals surface area contributed by atoms with Crippen LogP contribution in [0.1, 0.15) is 76.5 Å². The molecule has 19 N–H and O–H groups in total. The fourth-order valence-corrected chi connectivity index (χ4v) is 10.2. The number of urea groups is 1. The topological polar surface area (TPSA) is 469 Å². The number of nitrogens with one attached hydrogen (secondary N) is 10. The molecule has 0 aliphatic carbocycles. The van der Waals surface area contributed by atoms with Crippen molar-refractivity contribution in [2.24, 2.45) is 28.1 Å². The van der Waals surface area contributed by atoms with Gasteiger partial charge in [-0.25, -0.2) is 10.2 Å². The number of aliphatic hydroxyl groups excluding tert-OH is 2. The predicted octanol–water partition coefficient (Wildman–Crippen LogP) is -3.07. The molecule has 1 aliphatic rings. The molecule has 30 nitrogen and oxygen atoms in total. The summed E-state index contributed by atoms with van der Waals surface area (Å²) in [5.74, 6) is -9.31. The zero-order valence-corrected chi connectivity index (χ0v) is 50.4. The van der Waals surface area contributed by atoms with Gasteiger partial charge in [0.25, 0.3) is 5.91 Å².